The fourth-order valence-electron chi connectivity index (χ4n) is 2.79. The summed E-state index contributed by atoms with van der Waals surface area (Å²) in [5, 5.41) is 10.1. The molecule has 1 saturated heterocycles. The maximum absolute atomic E-state index is 12.6. The molecule has 0 aromatic carbocycles. The van der Waals surface area contributed by atoms with Crippen molar-refractivity contribution in [2.75, 3.05) is 12.4 Å². The third kappa shape index (κ3) is 8.31. The van der Waals surface area contributed by atoms with Crippen molar-refractivity contribution < 1.29 is 61.1 Å². The van der Waals surface area contributed by atoms with Crippen LogP contribution in [0.5, 0.6) is 0 Å². The molecule has 1 aromatic heterocycles. The van der Waals surface area contributed by atoms with E-state index in [2.05, 4.69) is 25.8 Å². The zero-order valence-electron chi connectivity index (χ0n) is 16.9. The van der Waals surface area contributed by atoms with Crippen LogP contribution in [0.1, 0.15) is 30.3 Å². The van der Waals surface area contributed by atoms with Crippen molar-refractivity contribution in [3.63, 3.8) is 0 Å². The average Bonchev–Trinajstić information content (AvgIpc) is 3.02. The molecule has 34 heavy (non-hydrogen) atoms. The van der Waals surface area contributed by atoms with Gasteiger partial charge in [-0.05, 0) is 12.2 Å². The number of hydrogen-bond donors (Lipinski definition) is 6. The van der Waals surface area contributed by atoms with E-state index in [1.54, 1.807) is 0 Å². The van der Waals surface area contributed by atoms with Crippen molar-refractivity contribution in [1.29, 1.82) is 0 Å². The van der Waals surface area contributed by atoms with Crippen LogP contribution in [-0.2, 0) is 31.6 Å². The highest BCUT2D eigenvalue weighted by atomic mass is 32.1. The number of carbonyl (C=O) groups excluding carboxylic acids is 1. The number of carbonyl (C=O) groups is 1. The number of aliphatic hydroxyl groups is 1. The Labute approximate surface area is 195 Å². The molecule has 0 saturated carbocycles. The Hall–Kier alpha value is -0.970. The lowest BCUT2D eigenvalue weighted by Crippen LogP contribution is -2.44. The van der Waals surface area contributed by atoms with E-state index in [4.69, 9.17) is 19.4 Å². The molecule has 1 fully saturated rings. The molecule has 1 aromatic rings. The lowest BCUT2D eigenvalue weighted by molar-refractivity contribution is -0.0453. The molecule has 2 heterocycles. The normalized spacial score (nSPS) is 24.5. The Kier molecular flexibility index (Phi) is 9.80. The molecule has 0 radical (unpaired) electrons. The van der Waals surface area contributed by atoms with Gasteiger partial charge in [0.25, 0.3) is 5.56 Å². The predicted molar refractivity (Wildman–Crippen MR) is 113 cm³/mol. The highest BCUT2D eigenvalue weighted by molar-refractivity contribution is 7.80. The van der Waals surface area contributed by atoms with Crippen LogP contribution >= 0.6 is 36.1 Å². The Morgan fingerprint density at radius 1 is 1.15 bits per heavy atom. The minimum atomic E-state index is -5.73. The van der Waals surface area contributed by atoms with Gasteiger partial charge in [-0.25, -0.2) is 18.5 Å². The number of ether oxygens (including phenoxy) is 1. The van der Waals surface area contributed by atoms with Gasteiger partial charge in [-0.15, -0.1) is 0 Å². The van der Waals surface area contributed by atoms with E-state index in [1.165, 1.54) is 0 Å². The van der Waals surface area contributed by atoms with E-state index in [0.29, 0.717) is 16.7 Å². The number of aliphatic hydroxyl groups excluding tert-OH is 1. The average molecular weight is 570 g/mol. The molecule has 0 amide bonds. The maximum Gasteiger partial charge on any atom is 0.490 e. The highest BCUT2D eigenvalue weighted by Gasteiger charge is 2.43. The van der Waals surface area contributed by atoms with Gasteiger partial charge in [0.2, 0.25) is 5.91 Å². The standard InChI is InChI=1S/C13H21N2O15P3S/c16-8-6-12(14-4-3-11(18)15(13(14)19)10(17)2-1-5-34)28-9(8)7-27-32(23,24)30-33(25,26)29-31(20,21)22/h3-4,8-9,12,16,34H,1-2,5-7H2,(H,23,24)(H,25,26)(H2,20,21,22). The smallest absolute Gasteiger partial charge is 0.390 e. The van der Waals surface area contributed by atoms with E-state index in [0.717, 1.165) is 16.8 Å². The van der Waals surface area contributed by atoms with E-state index < -0.39 is 65.7 Å². The first-order chi connectivity index (χ1) is 15.6. The van der Waals surface area contributed by atoms with Gasteiger partial charge in [-0.3, -0.25) is 18.7 Å². The largest absolute Gasteiger partial charge is 0.490 e. The van der Waals surface area contributed by atoms with Gasteiger partial charge in [0.15, 0.2) is 0 Å². The van der Waals surface area contributed by atoms with Crippen LogP contribution in [0.3, 0.4) is 0 Å². The second kappa shape index (κ2) is 11.4. The van der Waals surface area contributed by atoms with E-state index >= 15 is 0 Å². The molecule has 5 unspecified atom stereocenters. The number of hydrogen-bond acceptors (Lipinski definition) is 12. The summed E-state index contributed by atoms with van der Waals surface area (Å²) in [4.78, 5) is 72.4. The van der Waals surface area contributed by atoms with Gasteiger partial charge >= 0.3 is 29.2 Å². The lowest BCUT2D eigenvalue weighted by atomic mass is 10.2. The third-order valence-electron chi connectivity index (χ3n) is 4.14. The first-order valence-electron chi connectivity index (χ1n) is 9.15. The molecule has 0 spiro atoms. The van der Waals surface area contributed by atoms with Crippen molar-refractivity contribution >= 4 is 42.0 Å². The van der Waals surface area contributed by atoms with Crippen LogP contribution in [0.2, 0.25) is 0 Å². The SMILES string of the molecule is O=C(CCCS)n1c(=O)ccn(C2CC(O)C(COP(=O)(O)OP(=O)(O)OP(=O)(O)O)O2)c1=O. The number of phosphoric ester groups is 1. The van der Waals surface area contributed by atoms with E-state index in [1.807, 2.05) is 0 Å². The first kappa shape index (κ1) is 29.3. The molecule has 5 atom stereocenters. The van der Waals surface area contributed by atoms with Crippen LogP contribution in [0.25, 0.3) is 0 Å². The minimum Gasteiger partial charge on any atom is -0.390 e. The topological polar surface area (TPSA) is 250 Å². The van der Waals surface area contributed by atoms with Gasteiger partial charge in [0, 0.05) is 25.1 Å². The Morgan fingerprint density at radius 3 is 2.38 bits per heavy atom. The quantitative estimate of drug-likeness (QED) is 0.143. The number of thiol groups is 1. The zero-order valence-corrected chi connectivity index (χ0v) is 20.5. The van der Waals surface area contributed by atoms with Crippen molar-refractivity contribution in [2.45, 2.75) is 37.7 Å². The van der Waals surface area contributed by atoms with Crippen molar-refractivity contribution in [3.8, 4) is 0 Å². The monoisotopic (exact) mass is 570 g/mol. The van der Waals surface area contributed by atoms with Gasteiger partial charge in [-0.1, -0.05) is 0 Å². The maximum atomic E-state index is 12.6. The van der Waals surface area contributed by atoms with Gasteiger partial charge in [-0.2, -0.15) is 25.8 Å². The van der Waals surface area contributed by atoms with Crippen LogP contribution in [0.4, 0.5) is 0 Å². The second-order valence-corrected chi connectivity index (χ2v) is 11.6. The Bertz CT molecular complexity index is 1160. The molecule has 194 valence electrons. The molecule has 5 N–H and O–H groups in total. The number of aromatic nitrogens is 2. The fourth-order valence-corrected chi connectivity index (χ4v) is 5.98. The number of phosphoric acid groups is 3. The van der Waals surface area contributed by atoms with E-state index in [9.17, 15) is 38.1 Å². The molecule has 1 aliphatic heterocycles. The molecule has 2 rings (SSSR count). The predicted octanol–water partition coefficient (Wildman–Crippen LogP) is -0.648. The summed E-state index contributed by atoms with van der Waals surface area (Å²) in [6, 6.07) is 0.926. The van der Waals surface area contributed by atoms with Gasteiger partial charge in [0.1, 0.15) is 12.3 Å². The fraction of sp³-hybridized carbons (Fsp3) is 0.615. The van der Waals surface area contributed by atoms with Crippen LogP contribution in [0.15, 0.2) is 21.9 Å². The van der Waals surface area contributed by atoms with Gasteiger partial charge < -0.3 is 29.4 Å². The molecular weight excluding hydrogens is 549 g/mol. The van der Waals surface area contributed by atoms with Crippen molar-refractivity contribution in [1.82, 2.24) is 9.13 Å². The second-order valence-electron chi connectivity index (χ2n) is 6.72. The van der Waals surface area contributed by atoms with Crippen LogP contribution < -0.4 is 11.2 Å². The molecule has 1 aliphatic rings. The summed E-state index contributed by atoms with van der Waals surface area (Å²) in [5.41, 5.74) is -1.93. The molecule has 0 bridgehead atoms. The molecule has 21 heteroatoms. The summed E-state index contributed by atoms with van der Waals surface area (Å²) in [6.45, 7) is -0.948. The molecular formula is C13H21N2O15P3S. The van der Waals surface area contributed by atoms with E-state index in [-0.39, 0.29) is 12.8 Å². The number of rotatable bonds is 11. The summed E-state index contributed by atoms with van der Waals surface area (Å²) >= 11 is 3.95. The van der Waals surface area contributed by atoms with Gasteiger partial charge in [0.05, 0.1) is 12.7 Å². The Balaban J connectivity index is 2.10. The summed E-state index contributed by atoms with van der Waals surface area (Å²) in [7, 11) is -16.7. The molecule has 17 nitrogen and oxygen atoms in total. The number of nitrogens with zero attached hydrogens (tertiary/aromatic N) is 2. The highest BCUT2D eigenvalue weighted by Crippen LogP contribution is 2.66. The zero-order chi connectivity index (χ0) is 25.9. The van der Waals surface area contributed by atoms with Crippen LogP contribution in [0, 0.1) is 0 Å². The molecule has 0 aliphatic carbocycles. The minimum absolute atomic E-state index is 0.125. The summed E-state index contributed by atoms with van der Waals surface area (Å²) in [6.07, 6.45) is -3.13. The third-order valence-corrected chi connectivity index (χ3v) is 8.26. The summed E-state index contributed by atoms with van der Waals surface area (Å²) < 4.78 is 51.9. The van der Waals surface area contributed by atoms with Crippen LogP contribution in [-0.4, -0.2) is 64.3 Å². The summed E-state index contributed by atoms with van der Waals surface area (Å²) in [5.74, 6) is -0.433. The Morgan fingerprint density at radius 2 is 1.79 bits per heavy atom. The van der Waals surface area contributed by atoms with Crippen molar-refractivity contribution in [2.24, 2.45) is 0 Å². The van der Waals surface area contributed by atoms with Crippen molar-refractivity contribution in [3.05, 3.63) is 33.1 Å². The first-order valence-corrected chi connectivity index (χ1v) is 14.3. The lowest BCUT2D eigenvalue weighted by Gasteiger charge is -2.19.